The Morgan fingerprint density at radius 1 is 1.19 bits per heavy atom. The summed E-state index contributed by atoms with van der Waals surface area (Å²) in [6.07, 6.45) is 0.769. The number of hydrogen-bond donors (Lipinski definition) is 0. The van der Waals surface area contributed by atoms with Gasteiger partial charge in [0, 0.05) is 59.2 Å². The Hall–Kier alpha value is -1.63. The number of aryl methyl sites for hydroxylation is 1. The quantitative estimate of drug-likeness (QED) is 0.811. The molecule has 7 heteroatoms. The van der Waals surface area contributed by atoms with E-state index in [9.17, 15) is 4.79 Å². The molecule has 1 aromatic rings. The number of aromatic nitrogens is 2. The number of hydrogen-bond acceptors (Lipinski definition) is 5. The van der Waals surface area contributed by atoms with Gasteiger partial charge in [0.05, 0.1) is 0 Å². The largest absolute Gasteiger partial charge is 0.426 e. The van der Waals surface area contributed by atoms with E-state index >= 15 is 0 Å². The van der Waals surface area contributed by atoms with Crippen molar-refractivity contribution in [3.63, 3.8) is 0 Å². The molecule has 2 rings (SSSR count). The van der Waals surface area contributed by atoms with Crippen LogP contribution >= 0.6 is 0 Å². The van der Waals surface area contributed by atoms with Gasteiger partial charge in [-0.2, -0.15) is 0 Å². The predicted octanol–water partition coefficient (Wildman–Crippen LogP) is 1.000. The summed E-state index contributed by atoms with van der Waals surface area (Å²) >= 11 is 0. The molecule has 0 atom stereocenters. The zero-order chi connectivity index (χ0) is 15.2. The van der Waals surface area contributed by atoms with Crippen LogP contribution in [0.2, 0.25) is 0 Å². The Labute approximate surface area is 125 Å². The van der Waals surface area contributed by atoms with E-state index < -0.39 is 0 Å². The molecule has 21 heavy (non-hydrogen) atoms. The Morgan fingerprint density at radius 2 is 1.86 bits per heavy atom. The first kappa shape index (κ1) is 15.8. The van der Waals surface area contributed by atoms with E-state index in [0.717, 1.165) is 52.2 Å². The maximum Gasteiger partial charge on any atom is 0.320 e. The molecule has 7 nitrogen and oxygen atoms in total. The summed E-state index contributed by atoms with van der Waals surface area (Å²) in [5.41, 5.74) is 0. The number of rotatable bonds is 5. The fourth-order valence-corrected chi connectivity index (χ4v) is 2.55. The molecule has 1 fully saturated rings. The van der Waals surface area contributed by atoms with Crippen molar-refractivity contribution < 1.29 is 9.21 Å². The second-order valence-corrected chi connectivity index (χ2v) is 5.25. The van der Waals surface area contributed by atoms with E-state index in [0.29, 0.717) is 11.8 Å². The van der Waals surface area contributed by atoms with Gasteiger partial charge < -0.3 is 14.2 Å². The van der Waals surface area contributed by atoms with E-state index in [1.807, 2.05) is 23.6 Å². The molecular formula is C14H25N5O2. The Balaban J connectivity index is 1.74. The van der Waals surface area contributed by atoms with Crippen molar-refractivity contribution in [3.8, 4) is 0 Å². The van der Waals surface area contributed by atoms with Crippen molar-refractivity contribution in [1.29, 1.82) is 0 Å². The van der Waals surface area contributed by atoms with Gasteiger partial charge >= 0.3 is 6.03 Å². The lowest BCUT2D eigenvalue weighted by Crippen LogP contribution is -2.53. The number of piperazine rings is 1. The van der Waals surface area contributed by atoms with Crippen LogP contribution in [-0.2, 0) is 6.42 Å². The molecule has 2 heterocycles. The highest BCUT2D eigenvalue weighted by molar-refractivity contribution is 5.74. The fourth-order valence-electron chi connectivity index (χ4n) is 2.55. The Bertz CT molecular complexity index is 450. The SMILES string of the molecule is CCN(CC)C(=O)N1CCN(CCc2nnc(C)o2)CC1. The monoisotopic (exact) mass is 295 g/mol. The zero-order valence-corrected chi connectivity index (χ0v) is 13.2. The highest BCUT2D eigenvalue weighted by atomic mass is 16.4. The van der Waals surface area contributed by atoms with E-state index in [-0.39, 0.29) is 6.03 Å². The molecule has 0 aliphatic carbocycles. The Morgan fingerprint density at radius 3 is 2.38 bits per heavy atom. The number of carbonyl (C=O) groups is 1. The zero-order valence-electron chi connectivity index (χ0n) is 13.2. The number of amides is 2. The second kappa shape index (κ2) is 7.40. The molecule has 0 bridgehead atoms. The molecule has 0 aromatic carbocycles. The molecule has 118 valence electrons. The summed E-state index contributed by atoms with van der Waals surface area (Å²) in [6, 6.07) is 0.159. The second-order valence-electron chi connectivity index (χ2n) is 5.25. The first-order valence-electron chi connectivity index (χ1n) is 7.69. The van der Waals surface area contributed by atoms with Gasteiger partial charge in [-0.05, 0) is 13.8 Å². The molecule has 1 aliphatic heterocycles. The molecular weight excluding hydrogens is 270 g/mol. The lowest BCUT2D eigenvalue weighted by atomic mass is 10.3. The Kier molecular flexibility index (Phi) is 5.55. The number of nitrogens with zero attached hydrogens (tertiary/aromatic N) is 5. The smallest absolute Gasteiger partial charge is 0.320 e. The summed E-state index contributed by atoms with van der Waals surface area (Å²) in [6.45, 7) is 11.7. The van der Waals surface area contributed by atoms with Crippen LogP contribution in [0.25, 0.3) is 0 Å². The minimum atomic E-state index is 0.159. The molecule has 1 aliphatic rings. The molecule has 1 aromatic heterocycles. The maximum absolute atomic E-state index is 12.2. The fraction of sp³-hybridized carbons (Fsp3) is 0.786. The third kappa shape index (κ3) is 4.17. The van der Waals surface area contributed by atoms with Gasteiger partial charge in [0.15, 0.2) is 0 Å². The van der Waals surface area contributed by atoms with Crippen molar-refractivity contribution in [2.75, 3.05) is 45.8 Å². The van der Waals surface area contributed by atoms with Crippen LogP contribution < -0.4 is 0 Å². The lowest BCUT2D eigenvalue weighted by Gasteiger charge is -2.37. The standard InChI is InChI=1S/C14H25N5O2/c1-4-18(5-2)14(20)19-10-8-17(9-11-19)7-6-13-16-15-12(3)21-13/h4-11H2,1-3H3. The van der Waals surface area contributed by atoms with Gasteiger partial charge in [-0.25, -0.2) is 4.79 Å². The van der Waals surface area contributed by atoms with Gasteiger partial charge in [-0.3, -0.25) is 4.90 Å². The van der Waals surface area contributed by atoms with Crippen molar-refractivity contribution in [3.05, 3.63) is 11.8 Å². The van der Waals surface area contributed by atoms with Gasteiger partial charge in [0.1, 0.15) is 0 Å². The van der Waals surface area contributed by atoms with Crippen LogP contribution in [-0.4, -0.2) is 76.7 Å². The van der Waals surface area contributed by atoms with Crippen molar-refractivity contribution >= 4 is 6.03 Å². The van der Waals surface area contributed by atoms with E-state index in [4.69, 9.17) is 4.42 Å². The van der Waals surface area contributed by atoms with Gasteiger partial charge in [-0.1, -0.05) is 0 Å². The van der Waals surface area contributed by atoms with Crippen LogP contribution in [0.5, 0.6) is 0 Å². The highest BCUT2D eigenvalue weighted by Crippen LogP contribution is 2.07. The molecule has 0 unspecified atom stereocenters. The lowest BCUT2D eigenvalue weighted by molar-refractivity contribution is 0.115. The van der Waals surface area contributed by atoms with Crippen LogP contribution in [0.15, 0.2) is 4.42 Å². The van der Waals surface area contributed by atoms with Gasteiger partial charge in [-0.15, -0.1) is 10.2 Å². The summed E-state index contributed by atoms with van der Waals surface area (Å²) < 4.78 is 5.37. The summed E-state index contributed by atoms with van der Waals surface area (Å²) in [4.78, 5) is 18.4. The van der Waals surface area contributed by atoms with Crippen molar-refractivity contribution in [2.45, 2.75) is 27.2 Å². The van der Waals surface area contributed by atoms with Crippen LogP contribution in [0.4, 0.5) is 4.79 Å². The average Bonchev–Trinajstić information content (AvgIpc) is 2.92. The van der Waals surface area contributed by atoms with Gasteiger partial charge in [0.2, 0.25) is 11.8 Å². The van der Waals surface area contributed by atoms with Crippen LogP contribution in [0.3, 0.4) is 0 Å². The van der Waals surface area contributed by atoms with E-state index in [2.05, 4.69) is 15.1 Å². The summed E-state index contributed by atoms with van der Waals surface area (Å²) in [5.74, 6) is 1.30. The molecule has 0 saturated carbocycles. The first-order chi connectivity index (χ1) is 10.1. The van der Waals surface area contributed by atoms with E-state index in [1.165, 1.54) is 0 Å². The molecule has 0 spiro atoms. The number of carbonyl (C=O) groups excluding carboxylic acids is 1. The van der Waals surface area contributed by atoms with Crippen LogP contribution in [0.1, 0.15) is 25.6 Å². The summed E-state index contributed by atoms with van der Waals surface area (Å²) in [5, 5.41) is 7.83. The molecule has 0 N–H and O–H groups in total. The first-order valence-corrected chi connectivity index (χ1v) is 7.69. The predicted molar refractivity (Wildman–Crippen MR) is 79.1 cm³/mol. The topological polar surface area (TPSA) is 65.7 Å². The van der Waals surface area contributed by atoms with Crippen molar-refractivity contribution in [2.24, 2.45) is 0 Å². The molecule has 0 radical (unpaired) electrons. The minimum absolute atomic E-state index is 0.159. The van der Waals surface area contributed by atoms with Crippen molar-refractivity contribution in [1.82, 2.24) is 24.9 Å². The highest BCUT2D eigenvalue weighted by Gasteiger charge is 2.23. The van der Waals surface area contributed by atoms with Gasteiger partial charge in [0.25, 0.3) is 0 Å². The van der Waals surface area contributed by atoms with E-state index in [1.54, 1.807) is 6.92 Å². The maximum atomic E-state index is 12.2. The molecule has 2 amide bonds. The number of urea groups is 1. The normalized spacial score (nSPS) is 16.2. The minimum Gasteiger partial charge on any atom is -0.426 e. The van der Waals surface area contributed by atoms with Crippen LogP contribution in [0, 0.1) is 6.92 Å². The third-order valence-corrected chi connectivity index (χ3v) is 3.89. The third-order valence-electron chi connectivity index (χ3n) is 3.89. The molecule has 1 saturated heterocycles. The summed E-state index contributed by atoms with van der Waals surface area (Å²) in [7, 11) is 0. The average molecular weight is 295 g/mol.